The molecule has 2 aliphatic heterocycles. The van der Waals surface area contributed by atoms with Crippen LogP contribution in [0.15, 0.2) is 12.4 Å². The lowest BCUT2D eigenvalue weighted by Crippen LogP contribution is -2.66. The molecule has 0 N–H and O–H groups in total. The molecule has 1 aromatic rings. The third kappa shape index (κ3) is 3.27. The molecule has 2 atom stereocenters. The summed E-state index contributed by atoms with van der Waals surface area (Å²) in [6, 6.07) is -0.272. The number of aromatic nitrogens is 2. The minimum absolute atomic E-state index is 0.0261. The van der Waals surface area contributed by atoms with Crippen LogP contribution in [0.4, 0.5) is 0 Å². The molecule has 0 aliphatic carbocycles. The van der Waals surface area contributed by atoms with Gasteiger partial charge in [-0.3, -0.25) is 14.4 Å². The number of carbonyl (C=O) groups excluding carboxylic acids is 1. The molecule has 26 heavy (non-hydrogen) atoms. The van der Waals surface area contributed by atoms with Crippen molar-refractivity contribution in [1.29, 1.82) is 0 Å². The number of sulfonamides is 1. The molecule has 0 bridgehead atoms. The molecule has 2 saturated heterocycles. The summed E-state index contributed by atoms with van der Waals surface area (Å²) in [6.07, 6.45) is 4.95. The third-order valence-corrected chi connectivity index (χ3v) is 7.65. The smallest absolute Gasteiger partial charge is 0.231 e. The number of aryl methyl sites for hydroxylation is 1. The van der Waals surface area contributed by atoms with Gasteiger partial charge in [0.25, 0.3) is 0 Å². The summed E-state index contributed by atoms with van der Waals surface area (Å²) >= 11 is 0. The van der Waals surface area contributed by atoms with Gasteiger partial charge in [0, 0.05) is 65.1 Å². The second-order valence-corrected chi connectivity index (χ2v) is 9.81. The van der Waals surface area contributed by atoms with Gasteiger partial charge in [0.2, 0.25) is 15.9 Å². The predicted molar refractivity (Wildman–Crippen MR) is 98.9 cm³/mol. The zero-order valence-electron chi connectivity index (χ0n) is 16.1. The average Bonchev–Trinajstić information content (AvgIpc) is 3.05. The summed E-state index contributed by atoms with van der Waals surface area (Å²) in [5.41, 5.74) is 0.442. The minimum atomic E-state index is -3.27. The topological polar surface area (TPSA) is 78.8 Å². The average molecular weight is 384 g/mol. The van der Waals surface area contributed by atoms with Crippen molar-refractivity contribution in [3.63, 3.8) is 0 Å². The Balaban J connectivity index is 1.86. The van der Waals surface area contributed by atoms with Crippen LogP contribution in [0.25, 0.3) is 0 Å². The van der Waals surface area contributed by atoms with E-state index in [4.69, 9.17) is 0 Å². The summed E-state index contributed by atoms with van der Waals surface area (Å²) < 4.78 is 28.1. The first-order chi connectivity index (χ1) is 12.2. The van der Waals surface area contributed by atoms with Crippen LogP contribution in [0.2, 0.25) is 0 Å². The largest absolute Gasteiger partial charge is 0.348 e. The van der Waals surface area contributed by atoms with Crippen LogP contribution in [0, 0.1) is 5.41 Å². The van der Waals surface area contributed by atoms with Crippen molar-refractivity contribution >= 4 is 15.9 Å². The fourth-order valence-corrected chi connectivity index (χ4v) is 6.01. The van der Waals surface area contributed by atoms with Gasteiger partial charge in [-0.15, -0.1) is 0 Å². The van der Waals surface area contributed by atoms with Crippen molar-refractivity contribution in [2.24, 2.45) is 5.41 Å². The highest BCUT2D eigenvalue weighted by atomic mass is 32.2. The van der Waals surface area contributed by atoms with Gasteiger partial charge in [0.15, 0.2) is 0 Å². The molecule has 0 unspecified atom stereocenters. The first kappa shape index (κ1) is 19.3. The Morgan fingerprint density at radius 3 is 2.77 bits per heavy atom. The molecule has 3 heterocycles. The Kier molecular flexibility index (Phi) is 5.15. The van der Waals surface area contributed by atoms with E-state index in [2.05, 4.69) is 10.00 Å². The van der Waals surface area contributed by atoms with Crippen molar-refractivity contribution in [3.05, 3.63) is 18.0 Å². The van der Waals surface area contributed by atoms with Gasteiger partial charge in [-0.05, 0) is 19.8 Å². The van der Waals surface area contributed by atoms with E-state index in [1.807, 2.05) is 24.0 Å². The van der Waals surface area contributed by atoms with E-state index in [-0.39, 0.29) is 17.7 Å². The van der Waals surface area contributed by atoms with Crippen molar-refractivity contribution in [1.82, 2.24) is 23.9 Å². The lowest BCUT2D eigenvalue weighted by Gasteiger charge is -2.53. The maximum Gasteiger partial charge on any atom is 0.231 e. The number of amides is 1. The van der Waals surface area contributed by atoms with Crippen LogP contribution in [-0.4, -0.2) is 84.2 Å². The molecule has 0 radical (unpaired) electrons. The van der Waals surface area contributed by atoms with Crippen LogP contribution in [-0.2, 0) is 27.9 Å². The van der Waals surface area contributed by atoms with Crippen LogP contribution in [0.5, 0.6) is 0 Å². The Morgan fingerprint density at radius 1 is 1.42 bits per heavy atom. The van der Waals surface area contributed by atoms with E-state index in [1.165, 1.54) is 4.31 Å². The summed E-state index contributed by atoms with van der Waals surface area (Å²) in [7, 11) is 1.85. The Bertz CT molecular complexity index is 775. The Morgan fingerprint density at radius 2 is 2.15 bits per heavy atom. The van der Waals surface area contributed by atoms with Crippen molar-refractivity contribution in [2.45, 2.75) is 38.9 Å². The lowest BCUT2D eigenvalue weighted by molar-refractivity contribution is -0.148. The lowest BCUT2D eigenvalue weighted by atomic mass is 9.72. The van der Waals surface area contributed by atoms with Gasteiger partial charge >= 0.3 is 0 Å². The molecule has 3 rings (SSSR count). The van der Waals surface area contributed by atoms with E-state index in [1.54, 1.807) is 26.0 Å². The van der Waals surface area contributed by atoms with E-state index in [9.17, 15) is 13.2 Å². The SMILES string of the molecule is CCn1cc(CN2CC[C@H]3N(C)S(=O)(=O)CC[C@]3(C(=O)N(C)C)C2)cn1. The van der Waals surface area contributed by atoms with Crippen molar-refractivity contribution in [2.75, 3.05) is 40.0 Å². The zero-order valence-corrected chi connectivity index (χ0v) is 16.9. The zero-order chi connectivity index (χ0) is 19.1. The molecule has 146 valence electrons. The van der Waals surface area contributed by atoms with Gasteiger partial charge in [0.1, 0.15) is 0 Å². The molecule has 9 heteroatoms. The highest BCUT2D eigenvalue weighted by Gasteiger charge is 2.56. The number of likely N-dealkylation sites (tertiary alicyclic amines) is 1. The molecule has 0 saturated carbocycles. The molecule has 2 aliphatic rings. The number of piperidine rings is 1. The summed E-state index contributed by atoms with van der Waals surface area (Å²) in [4.78, 5) is 17.0. The number of carbonyl (C=O) groups is 1. The Hall–Kier alpha value is -1.45. The van der Waals surface area contributed by atoms with E-state index >= 15 is 0 Å². The van der Waals surface area contributed by atoms with Gasteiger partial charge in [0.05, 0.1) is 17.4 Å². The highest BCUT2D eigenvalue weighted by Crippen LogP contribution is 2.43. The van der Waals surface area contributed by atoms with Gasteiger partial charge < -0.3 is 4.90 Å². The number of hydrogen-bond acceptors (Lipinski definition) is 5. The second-order valence-electron chi connectivity index (χ2n) is 7.66. The van der Waals surface area contributed by atoms with Crippen molar-refractivity contribution < 1.29 is 13.2 Å². The van der Waals surface area contributed by atoms with Crippen LogP contribution < -0.4 is 0 Å². The second kappa shape index (κ2) is 6.94. The van der Waals surface area contributed by atoms with E-state index < -0.39 is 15.4 Å². The van der Waals surface area contributed by atoms with E-state index in [0.29, 0.717) is 19.4 Å². The van der Waals surface area contributed by atoms with Gasteiger partial charge in [-0.1, -0.05) is 0 Å². The number of hydrogen-bond donors (Lipinski definition) is 0. The standard InChI is InChI=1S/C17H29N5O3S/c1-5-22-12-14(10-18-22)11-21-8-6-15-17(13-21,16(23)19(2)3)7-9-26(24,25)20(15)4/h10,12,15H,5-9,11,13H2,1-4H3/t15-,17+/m1/s1. The minimum Gasteiger partial charge on any atom is -0.348 e. The maximum atomic E-state index is 13.1. The number of nitrogens with zero attached hydrogens (tertiary/aromatic N) is 5. The Labute approximate surface area is 155 Å². The molecule has 1 amide bonds. The molecule has 8 nitrogen and oxygen atoms in total. The van der Waals surface area contributed by atoms with Gasteiger partial charge in [-0.2, -0.15) is 5.10 Å². The molecule has 0 aromatic carbocycles. The van der Waals surface area contributed by atoms with Crippen LogP contribution >= 0.6 is 0 Å². The summed E-state index contributed by atoms with van der Waals surface area (Å²) in [5.74, 6) is 0.0551. The molecular formula is C17H29N5O3S. The molecule has 1 aromatic heterocycles. The third-order valence-electron chi connectivity index (χ3n) is 5.80. The number of rotatable bonds is 4. The monoisotopic (exact) mass is 383 g/mol. The molecule has 0 spiro atoms. The van der Waals surface area contributed by atoms with Gasteiger partial charge in [-0.25, -0.2) is 12.7 Å². The summed E-state index contributed by atoms with van der Waals surface area (Å²) in [5, 5.41) is 4.32. The normalized spacial score (nSPS) is 29.3. The molecule has 2 fully saturated rings. The first-order valence-corrected chi connectivity index (χ1v) is 10.7. The van der Waals surface area contributed by atoms with Crippen LogP contribution in [0.3, 0.4) is 0 Å². The predicted octanol–water partition coefficient (Wildman–Crippen LogP) is 0.217. The first-order valence-electron chi connectivity index (χ1n) is 9.11. The summed E-state index contributed by atoms with van der Waals surface area (Å²) in [6.45, 7) is 4.95. The quantitative estimate of drug-likeness (QED) is 0.743. The maximum absolute atomic E-state index is 13.1. The van der Waals surface area contributed by atoms with E-state index in [0.717, 1.165) is 25.2 Å². The number of fused-ring (bicyclic) bond motifs is 1. The van der Waals surface area contributed by atoms with Crippen molar-refractivity contribution in [3.8, 4) is 0 Å². The molecular weight excluding hydrogens is 354 g/mol. The van der Waals surface area contributed by atoms with Crippen LogP contribution in [0.1, 0.15) is 25.3 Å². The highest BCUT2D eigenvalue weighted by molar-refractivity contribution is 7.89. The fraction of sp³-hybridized carbons (Fsp3) is 0.765. The fourth-order valence-electron chi connectivity index (χ4n) is 4.41.